The number of piperazine rings is 1. The zero-order valence-corrected chi connectivity index (χ0v) is 13.8. The molecule has 0 spiro atoms. The molecule has 0 aromatic carbocycles. The van der Waals surface area contributed by atoms with Crippen molar-refractivity contribution in [2.75, 3.05) is 31.9 Å². The smallest absolute Gasteiger partial charge is 0.169 e. The molecule has 0 aliphatic carbocycles. The van der Waals surface area contributed by atoms with Gasteiger partial charge in [0.2, 0.25) is 0 Å². The summed E-state index contributed by atoms with van der Waals surface area (Å²) in [7, 11) is 0. The average molecular weight is 436 g/mol. The van der Waals surface area contributed by atoms with Crippen molar-refractivity contribution in [3.63, 3.8) is 0 Å². The summed E-state index contributed by atoms with van der Waals surface area (Å²) in [6, 6.07) is 1.68. The molecule has 1 aromatic rings. The van der Waals surface area contributed by atoms with Gasteiger partial charge in [-0.2, -0.15) is 0 Å². The summed E-state index contributed by atoms with van der Waals surface area (Å²) in [4.78, 5) is 5.87. The zero-order valence-electron chi connectivity index (χ0n) is 9.06. The molecule has 0 bridgehead atoms. The van der Waals surface area contributed by atoms with Crippen LogP contribution in [0.5, 0.6) is 0 Å². The minimum atomic E-state index is -0.389. The number of halogens is 1. The van der Waals surface area contributed by atoms with Gasteiger partial charge in [-0.05, 0) is 19.2 Å². The molecule has 0 unspecified atom stereocenters. The Labute approximate surface area is 130 Å². The molecule has 0 atom stereocenters. The van der Waals surface area contributed by atoms with Crippen LogP contribution in [0.3, 0.4) is 0 Å². The number of rotatable bonds is 2. The molecule has 1 aromatic heterocycles. The van der Waals surface area contributed by atoms with Gasteiger partial charge in [-0.3, -0.25) is 0 Å². The van der Waals surface area contributed by atoms with Crippen molar-refractivity contribution in [2.24, 2.45) is 0 Å². The first-order valence-electron chi connectivity index (χ1n) is 5.02. The van der Waals surface area contributed by atoms with E-state index in [2.05, 4.69) is 15.2 Å². The van der Waals surface area contributed by atoms with E-state index in [1.807, 2.05) is 0 Å². The second-order valence-corrected chi connectivity index (χ2v) is 3.62. The van der Waals surface area contributed by atoms with Gasteiger partial charge < -0.3 is 16.0 Å². The summed E-state index contributed by atoms with van der Waals surface area (Å²) < 4.78 is 13.5. The SMILES string of the molecule is Nc1nccc(CN2CC[N-]CC2)c1F.[Ac]. The summed E-state index contributed by atoms with van der Waals surface area (Å²) in [6.45, 7) is 4.04. The van der Waals surface area contributed by atoms with Crippen LogP contribution in [0.4, 0.5) is 10.2 Å². The summed E-state index contributed by atoms with van der Waals surface area (Å²) in [5.41, 5.74) is 6.02. The Hall–Kier alpha value is 0.242. The fourth-order valence-corrected chi connectivity index (χ4v) is 1.67. The van der Waals surface area contributed by atoms with E-state index in [0.29, 0.717) is 12.1 Å². The fraction of sp³-hybridized carbons (Fsp3) is 0.500. The Morgan fingerprint density at radius 3 is 2.81 bits per heavy atom. The van der Waals surface area contributed by atoms with Crippen molar-refractivity contribution in [1.82, 2.24) is 9.88 Å². The van der Waals surface area contributed by atoms with Crippen LogP contribution in [-0.2, 0) is 6.54 Å². The molecule has 2 heterocycles. The normalized spacial score (nSPS) is 16.8. The van der Waals surface area contributed by atoms with Crippen molar-refractivity contribution in [2.45, 2.75) is 6.54 Å². The molecule has 1 fully saturated rings. The molecule has 1 aliphatic heterocycles. The van der Waals surface area contributed by atoms with Crippen LogP contribution in [0.1, 0.15) is 5.56 Å². The molecule has 0 saturated carbocycles. The Bertz CT molecular complexity index is 342. The van der Waals surface area contributed by atoms with Gasteiger partial charge in [0.05, 0.1) is 0 Å². The standard InChI is InChI=1S/C10H14FN4.Ac/c11-9-8(1-2-14-10(9)12)7-15-5-3-13-4-6-15;/h1-2H,3-7H2,(H2,12,14);/q-1;. The van der Waals surface area contributed by atoms with E-state index in [4.69, 9.17) is 5.73 Å². The molecule has 1 saturated heterocycles. The van der Waals surface area contributed by atoms with Crippen molar-refractivity contribution >= 4 is 5.82 Å². The molecular weight excluding hydrogens is 422 g/mol. The number of pyridine rings is 1. The zero-order chi connectivity index (χ0) is 10.7. The Morgan fingerprint density at radius 1 is 1.44 bits per heavy atom. The minimum absolute atomic E-state index is 0. The van der Waals surface area contributed by atoms with Crippen LogP contribution in [-0.4, -0.2) is 36.1 Å². The summed E-state index contributed by atoms with van der Waals surface area (Å²) in [6.07, 6.45) is 1.54. The number of aromatic nitrogens is 1. The van der Waals surface area contributed by atoms with E-state index in [0.717, 1.165) is 26.2 Å². The van der Waals surface area contributed by atoms with Crippen LogP contribution < -0.4 is 5.73 Å². The second kappa shape index (κ2) is 6.85. The number of hydrogen-bond donors (Lipinski definition) is 1. The summed E-state index contributed by atoms with van der Waals surface area (Å²) >= 11 is 0. The molecule has 1 aliphatic rings. The van der Waals surface area contributed by atoms with E-state index in [1.54, 1.807) is 12.3 Å². The molecule has 0 amide bonds. The molecule has 85 valence electrons. The van der Waals surface area contributed by atoms with Crippen LogP contribution in [0.25, 0.3) is 5.32 Å². The van der Waals surface area contributed by atoms with Gasteiger partial charge in [0.15, 0.2) is 11.6 Å². The van der Waals surface area contributed by atoms with E-state index < -0.39 is 0 Å². The van der Waals surface area contributed by atoms with Gasteiger partial charge in [0.25, 0.3) is 0 Å². The summed E-state index contributed by atoms with van der Waals surface area (Å²) in [5.74, 6) is -0.408. The van der Waals surface area contributed by atoms with Crippen molar-refractivity contribution in [1.29, 1.82) is 0 Å². The van der Waals surface area contributed by atoms with E-state index in [-0.39, 0.29) is 55.7 Å². The maximum absolute atomic E-state index is 13.5. The first-order chi connectivity index (χ1) is 7.27. The van der Waals surface area contributed by atoms with Crippen molar-refractivity contribution in [3.8, 4) is 0 Å². The quantitative estimate of drug-likeness (QED) is 0.753. The largest absolute Gasteiger partial charge is 0.660 e. The third-order valence-electron chi connectivity index (χ3n) is 2.54. The number of nitrogen functional groups attached to an aromatic ring is 1. The van der Waals surface area contributed by atoms with Gasteiger partial charge in [0, 0.05) is 62.4 Å². The van der Waals surface area contributed by atoms with Crippen LogP contribution in [0.2, 0.25) is 0 Å². The first-order valence-corrected chi connectivity index (χ1v) is 5.02. The van der Waals surface area contributed by atoms with Gasteiger partial charge >= 0.3 is 0 Å². The average Bonchev–Trinajstić information content (AvgIpc) is 2.26. The maximum Gasteiger partial charge on any atom is 0.169 e. The van der Waals surface area contributed by atoms with Gasteiger partial charge in [-0.25, -0.2) is 9.37 Å². The Kier molecular flexibility index (Phi) is 6.12. The molecule has 2 N–H and O–H groups in total. The number of anilines is 1. The Balaban J connectivity index is 0.00000128. The molecule has 2 rings (SSSR count). The topological polar surface area (TPSA) is 56.2 Å². The van der Waals surface area contributed by atoms with Crippen LogP contribution in [0, 0.1) is 49.9 Å². The third kappa shape index (κ3) is 3.63. The van der Waals surface area contributed by atoms with E-state index in [1.165, 1.54) is 0 Å². The maximum atomic E-state index is 13.5. The van der Waals surface area contributed by atoms with Gasteiger partial charge in [-0.15, -0.1) is 13.1 Å². The monoisotopic (exact) mass is 436 g/mol. The third-order valence-corrected chi connectivity index (χ3v) is 2.54. The van der Waals surface area contributed by atoms with Crippen molar-refractivity contribution < 1.29 is 48.5 Å². The first kappa shape index (κ1) is 14.3. The molecule has 4 nitrogen and oxygen atoms in total. The molecule has 6 heteroatoms. The second-order valence-electron chi connectivity index (χ2n) is 3.62. The molecule has 1 radical (unpaired) electrons. The predicted octanol–water partition coefficient (Wildman–Crippen LogP) is 0.992. The number of nitrogens with zero attached hydrogens (tertiary/aromatic N) is 3. The van der Waals surface area contributed by atoms with E-state index in [9.17, 15) is 4.39 Å². The van der Waals surface area contributed by atoms with Gasteiger partial charge in [-0.1, -0.05) is 0 Å². The Morgan fingerprint density at radius 2 is 2.12 bits per heavy atom. The van der Waals surface area contributed by atoms with E-state index >= 15 is 0 Å². The number of hydrogen-bond acceptors (Lipinski definition) is 3. The predicted molar refractivity (Wildman–Crippen MR) is 57.0 cm³/mol. The molecular formula is C10H14AcFN4-. The summed E-state index contributed by atoms with van der Waals surface area (Å²) in [5, 5.41) is 4.24. The minimum Gasteiger partial charge on any atom is -0.660 e. The molecule has 16 heavy (non-hydrogen) atoms. The van der Waals surface area contributed by atoms with Crippen LogP contribution in [0.15, 0.2) is 12.3 Å². The van der Waals surface area contributed by atoms with Gasteiger partial charge in [0.1, 0.15) is 0 Å². The van der Waals surface area contributed by atoms with Crippen molar-refractivity contribution in [3.05, 3.63) is 29.0 Å². The van der Waals surface area contributed by atoms with Crippen LogP contribution >= 0.6 is 0 Å². The fourth-order valence-electron chi connectivity index (χ4n) is 1.67. The number of nitrogens with two attached hydrogens (primary N) is 1.